The summed E-state index contributed by atoms with van der Waals surface area (Å²) in [6, 6.07) is 5.55. The second-order valence-electron chi connectivity index (χ2n) is 4.38. The maximum absolute atomic E-state index is 12.0. The number of nitrogens with one attached hydrogen (secondary N) is 1. The summed E-state index contributed by atoms with van der Waals surface area (Å²) in [6.45, 7) is 1.19. The molecule has 1 aliphatic rings. The van der Waals surface area contributed by atoms with Crippen molar-refractivity contribution in [2.45, 2.75) is 25.5 Å². The number of nitrogens with zero attached hydrogens (tertiary/aromatic N) is 1. The van der Waals surface area contributed by atoms with Crippen LogP contribution in [0.25, 0.3) is 0 Å². The highest BCUT2D eigenvalue weighted by molar-refractivity contribution is 7.14. The lowest BCUT2D eigenvalue weighted by Gasteiger charge is -2.05. The van der Waals surface area contributed by atoms with Gasteiger partial charge in [-0.1, -0.05) is 5.16 Å². The van der Waals surface area contributed by atoms with E-state index >= 15 is 0 Å². The minimum atomic E-state index is -0.0859. The molecule has 1 saturated heterocycles. The van der Waals surface area contributed by atoms with Crippen LogP contribution in [0.2, 0.25) is 0 Å². The molecule has 100 valence electrons. The monoisotopic (exact) mass is 278 g/mol. The maximum Gasteiger partial charge on any atom is 0.261 e. The Morgan fingerprint density at radius 3 is 3.16 bits per heavy atom. The van der Waals surface area contributed by atoms with Crippen LogP contribution in [0, 0.1) is 0 Å². The van der Waals surface area contributed by atoms with E-state index in [0.29, 0.717) is 17.1 Å². The Labute approximate surface area is 114 Å². The molecule has 1 atom stereocenters. The number of carbonyl (C=O) groups is 1. The van der Waals surface area contributed by atoms with Crippen molar-refractivity contribution >= 4 is 17.2 Å². The second kappa shape index (κ2) is 5.54. The van der Waals surface area contributed by atoms with Crippen LogP contribution >= 0.6 is 11.3 Å². The molecule has 19 heavy (non-hydrogen) atoms. The lowest BCUT2D eigenvalue weighted by molar-refractivity contribution is 0.0954. The normalized spacial score (nSPS) is 18.6. The molecular formula is C13H14N2O3S. The quantitative estimate of drug-likeness (QED) is 0.933. The highest BCUT2D eigenvalue weighted by atomic mass is 32.1. The molecule has 6 heteroatoms. The van der Waals surface area contributed by atoms with E-state index in [4.69, 9.17) is 9.26 Å². The van der Waals surface area contributed by atoms with Gasteiger partial charge in [-0.15, -0.1) is 11.3 Å². The second-order valence-corrected chi connectivity index (χ2v) is 5.49. The van der Waals surface area contributed by atoms with E-state index in [-0.39, 0.29) is 12.0 Å². The van der Waals surface area contributed by atoms with Crippen molar-refractivity contribution in [3.63, 3.8) is 0 Å². The third kappa shape index (κ3) is 2.85. The molecule has 1 fully saturated rings. The smallest absolute Gasteiger partial charge is 0.261 e. The average molecular weight is 278 g/mol. The molecule has 1 N–H and O–H groups in total. The summed E-state index contributed by atoms with van der Waals surface area (Å²) in [7, 11) is 0. The van der Waals surface area contributed by atoms with Gasteiger partial charge in [0.15, 0.2) is 0 Å². The molecule has 0 radical (unpaired) electrons. The van der Waals surface area contributed by atoms with Gasteiger partial charge in [0.25, 0.3) is 5.91 Å². The molecule has 1 amide bonds. The molecule has 0 saturated carbocycles. The molecule has 5 nitrogen and oxygen atoms in total. The first-order valence-corrected chi connectivity index (χ1v) is 7.03. The van der Waals surface area contributed by atoms with E-state index in [0.717, 1.165) is 24.3 Å². The minimum absolute atomic E-state index is 0.0859. The first kappa shape index (κ1) is 12.4. The SMILES string of the molecule is O=C(NCc1ccon1)c1ccc([C@H]2CCCO2)s1. The molecule has 0 bridgehead atoms. The van der Waals surface area contributed by atoms with Crippen molar-refractivity contribution < 1.29 is 14.1 Å². The number of carbonyl (C=O) groups excluding carboxylic acids is 1. The van der Waals surface area contributed by atoms with Crippen LogP contribution in [0.3, 0.4) is 0 Å². The first-order chi connectivity index (χ1) is 9.33. The van der Waals surface area contributed by atoms with Gasteiger partial charge in [-0.25, -0.2) is 0 Å². The summed E-state index contributed by atoms with van der Waals surface area (Å²) < 4.78 is 10.3. The van der Waals surface area contributed by atoms with Crippen molar-refractivity contribution in [3.8, 4) is 0 Å². The van der Waals surface area contributed by atoms with Gasteiger partial charge in [-0.3, -0.25) is 4.79 Å². The predicted octanol–water partition coefficient (Wildman–Crippen LogP) is 2.52. The minimum Gasteiger partial charge on any atom is -0.373 e. The summed E-state index contributed by atoms with van der Waals surface area (Å²) in [6.07, 6.45) is 3.79. The van der Waals surface area contributed by atoms with Gasteiger partial charge in [-0.2, -0.15) is 0 Å². The maximum atomic E-state index is 12.0. The molecule has 3 heterocycles. The summed E-state index contributed by atoms with van der Waals surface area (Å²) in [4.78, 5) is 13.8. The fraction of sp³-hybridized carbons (Fsp3) is 0.385. The molecule has 2 aromatic rings. The molecule has 1 aliphatic heterocycles. The number of rotatable bonds is 4. The number of amides is 1. The number of ether oxygens (including phenoxy) is 1. The van der Waals surface area contributed by atoms with Gasteiger partial charge >= 0.3 is 0 Å². The van der Waals surface area contributed by atoms with E-state index in [2.05, 4.69) is 10.5 Å². The molecule has 0 unspecified atom stereocenters. The Bertz CT molecular complexity index is 544. The first-order valence-electron chi connectivity index (χ1n) is 6.22. The number of thiophene rings is 1. The van der Waals surface area contributed by atoms with Gasteiger partial charge in [0.2, 0.25) is 0 Å². The zero-order chi connectivity index (χ0) is 13.1. The van der Waals surface area contributed by atoms with Crippen LogP contribution in [-0.2, 0) is 11.3 Å². The Balaban J connectivity index is 1.60. The lowest BCUT2D eigenvalue weighted by atomic mass is 10.2. The van der Waals surface area contributed by atoms with E-state index < -0.39 is 0 Å². The van der Waals surface area contributed by atoms with Crippen molar-refractivity contribution in [1.82, 2.24) is 10.5 Å². The van der Waals surface area contributed by atoms with Crippen LogP contribution in [0.5, 0.6) is 0 Å². The van der Waals surface area contributed by atoms with E-state index in [1.54, 1.807) is 6.07 Å². The van der Waals surface area contributed by atoms with Crippen molar-refractivity contribution in [3.05, 3.63) is 39.9 Å². The molecular weight excluding hydrogens is 264 g/mol. The fourth-order valence-electron chi connectivity index (χ4n) is 2.04. The van der Waals surface area contributed by atoms with Gasteiger partial charge in [0.1, 0.15) is 12.0 Å². The Morgan fingerprint density at radius 1 is 1.47 bits per heavy atom. The van der Waals surface area contributed by atoms with Crippen molar-refractivity contribution in [2.75, 3.05) is 6.61 Å². The van der Waals surface area contributed by atoms with Crippen molar-refractivity contribution in [1.29, 1.82) is 0 Å². The standard InChI is InChI=1S/C13H14N2O3S/c16-13(14-8-9-5-7-18-15-9)12-4-3-11(19-12)10-2-1-6-17-10/h3-5,7,10H,1-2,6,8H2,(H,14,16)/t10-/m1/s1. The Hall–Kier alpha value is -1.66. The van der Waals surface area contributed by atoms with Crippen LogP contribution in [-0.4, -0.2) is 17.7 Å². The van der Waals surface area contributed by atoms with Crippen LogP contribution in [0.1, 0.15) is 39.2 Å². The molecule has 0 aliphatic carbocycles. The largest absolute Gasteiger partial charge is 0.373 e. The summed E-state index contributed by atoms with van der Waals surface area (Å²) in [5.74, 6) is -0.0859. The van der Waals surface area contributed by atoms with E-state index in [1.165, 1.54) is 17.6 Å². The number of hydrogen-bond donors (Lipinski definition) is 1. The molecule has 0 aromatic carbocycles. The summed E-state index contributed by atoms with van der Waals surface area (Å²) >= 11 is 1.49. The highest BCUT2D eigenvalue weighted by Crippen LogP contribution is 2.33. The summed E-state index contributed by atoms with van der Waals surface area (Å²) in [5, 5.41) is 6.56. The Kier molecular flexibility index (Phi) is 3.61. The van der Waals surface area contributed by atoms with Gasteiger partial charge in [-0.05, 0) is 25.0 Å². The van der Waals surface area contributed by atoms with Gasteiger partial charge < -0.3 is 14.6 Å². The number of hydrogen-bond acceptors (Lipinski definition) is 5. The fourth-order valence-corrected chi connectivity index (χ4v) is 3.04. The zero-order valence-corrected chi connectivity index (χ0v) is 11.1. The lowest BCUT2D eigenvalue weighted by Crippen LogP contribution is -2.21. The molecule has 3 rings (SSSR count). The van der Waals surface area contributed by atoms with Gasteiger partial charge in [0, 0.05) is 17.6 Å². The molecule has 0 spiro atoms. The zero-order valence-electron chi connectivity index (χ0n) is 10.3. The third-order valence-electron chi connectivity index (χ3n) is 3.02. The van der Waals surface area contributed by atoms with Crippen molar-refractivity contribution in [2.24, 2.45) is 0 Å². The average Bonchev–Trinajstić information content (AvgIpc) is 3.14. The van der Waals surface area contributed by atoms with Crippen LogP contribution < -0.4 is 5.32 Å². The van der Waals surface area contributed by atoms with Gasteiger partial charge in [0.05, 0.1) is 17.5 Å². The highest BCUT2D eigenvalue weighted by Gasteiger charge is 2.20. The number of aromatic nitrogens is 1. The van der Waals surface area contributed by atoms with Crippen LogP contribution in [0.15, 0.2) is 29.0 Å². The predicted molar refractivity (Wildman–Crippen MR) is 69.9 cm³/mol. The Morgan fingerprint density at radius 2 is 2.42 bits per heavy atom. The van der Waals surface area contributed by atoms with E-state index in [9.17, 15) is 4.79 Å². The molecule has 2 aromatic heterocycles. The van der Waals surface area contributed by atoms with Crippen LogP contribution in [0.4, 0.5) is 0 Å². The topological polar surface area (TPSA) is 64.4 Å². The van der Waals surface area contributed by atoms with E-state index in [1.807, 2.05) is 12.1 Å². The third-order valence-corrected chi connectivity index (χ3v) is 4.19. The summed E-state index contributed by atoms with van der Waals surface area (Å²) in [5.41, 5.74) is 0.712.